The van der Waals surface area contributed by atoms with E-state index >= 15 is 0 Å². The minimum absolute atomic E-state index is 0.0213. The molecule has 2 amide bonds. The zero-order valence-electron chi connectivity index (χ0n) is 14.1. The Labute approximate surface area is 154 Å². The van der Waals surface area contributed by atoms with Gasteiger partial charge < -0.3 is 15.0 Å². The number of fused-ring (bicyclic) bond motifs is 1. The first-order valence-electron chi connectivity index (χ1n) is 8.50. The van der Waals surface area contributed by atoms with Gasteiger partial charge in [-0.1, -0.05) is 17.3 Å². The van der Waals surface area contributed by atoms with Crippen LogP contribution < -0.4 is 5.32 Å². The normalized spacial score (nSPS) is 20.0. The summed E-state index contributed by atoms with van der Waals surface area (Å²) in [5.41, 5.74) is 1.61. The third kappa shape index (κ3) is 3.73. The molecule has 26 heavy (non-hydrogen) atoms. The first-order valence-corrected chi connectivity index (χ1v) is 9.38. The predicted molar refractivity (Wildman–Crippen MR) is 95.6 cm³/mol. The predicted octanol–water partition coefficient (Wildman–Crippen LogP) is 1.14. The molecular formula is C17H19N5O3S. The maximum Gasteiger partial charge on any atom is 0.249 e. The number of aryl methyl sites for hydroxylation is 1. The van der Waals surface area contributed by atoms with Gasteiger partial charge in [0.1, 0.15) is 12.3 Å². The molecule has 4 rings (SSSR count). The zero-order chi connectivity index (χ0) is 17.9. The van der Waals surface area contributed by atoms with Crippen molar-refractivity contribution in [2.45, 2.75) is 29.7 Å². The van der Waals surface area contributed by atoms with Gasteiger partial charge in [-0.15, -0.1) is 16.9 Å². The molecule has 8 nitrogen and oxygen atoms in total. The number of para-hydroxylation sites is 1. The highest BCUT2D eigenvalue weighted by atomic mass is 32.2. The number of nitrogens with zero attached hydrogens (tertiary/aromatic N) is 4. The van der Waals surface area contributed by atoms with Gasteiger partial charge in [0.05, 0.1) is 30.3 Å². The Balaban J connectivity index is 1.33. The van der Waals surface area contributed by atoms with Gasteiger partial charge in [-0.25, -0.2) is 0 Å². The van der Waals surface area contributed by atoms with E-state index in [1.165, 1.54) is 0 Å². The molecule has 2 aliphatic rings. The molecular weight excluding hydrogens is 354 g/mol. The molecule has 9 heteroatoms. The lowest BCUT2D eigenvalue weighted by atomic mass is 10.2. The number of carbonyl (C=O) groups excluding carboxylic acids is 2. The number of morpholine rings is 1. The SMILES string of the molecule is O=C1Nc2ccccc2SC1CCn1cc(CN2CCOCC2=O)nn1. The Hall–Kier alpha value is -2.39. The summed E-state index contributed by atoms with van der Waals surface area (Å²) in [7, 11) is 0. The van der Waals surface area contributed by atoms with Crippen molar-refractivity contribution in [3.05, 3.63) is 36.2 Å². The molecule has 1 fully saturated rings. The van der Waals surface area contributed by atoms with Crippen LogP contribution in [0.5, 0.6) is 0 Å². The number of ether oxygens (including phenoxy) is 1. The summed E-state index contributed by atoms with van der Waals surface area (Å²) in [5, 5.41) is 11.0. The van der Waals surface area contributed by atoms with E-state index in [9.17, 15) is 9.59 Å². The smallest absolute Gasteiger partial charge is 0.249 e. The fourth-order valence-corrected chi connectivity index (χ4v) is 4.06. The fourth-order valence-electron chi connectivity index (χ4n) is 2.97. The van der Waals surface area contributed by atoms with Gasteiger partial charge in [0.15, 0.2) is 0 Å². The van der Waals surface area contributed by atoms with Gasteiger partial charge in [0.2, 0.25) is 11.8 Å². The Morgan fingerprint density at radius 1 is 1.31 bits per heavy atom. The minimum atomic E-state index is -0.154. The van der Waals surface area contributed by atoms with E-state index in [1.54, 1.807) is 21.3 Å². The highest BCUT2D eigenvalue weighted by Gasteiger charge is 2.26. The lowest BCUT2D eigenvalue weighted by molar-refractivity contribution is -0.143. The topological polar surface area (TPSA) is 89.4 Å². The number of hydrogen-bond donors (Lipinski definition) is 1. The van der Waals surface area contributed by atoms with Crippen LogP contribution in [-0.2, 0) is 27.4 Å². The van der Waals surface area contributed by atoms with Gasteiger partial charge in [-0.2, -0.15) is 0 Å². The molecule has 0 saturated carbocycles. The number of anilines is 1. The summed E-state index contributed by atoms with van der Waals surface area (Å²) in [4.78, 5) is 26.8. The number of carbonyl (C=O) groups is 2. The van der Waals surface area contributed by atoms with Crippen LogP contribution in [0.3, 0.4) is 0 Å². The standard InChI is InChI=1S/C17H19N5O3S/c23-16-11-25-8-7-21(16)9-12-10-22(20-19-12)6-5-15-17(24)18-13-3-1-2-4-14(13)26-15/h1-4,10,15H,5-9,11H2,(H,18,24). The monoisotopic (exact) mass is 373 g/mol. The Morgan fingerprint density at radius 3 is 3.08 bits per heavy atom. The van der Waals surface area contributed by atoms with Crippen molar-refractivity contribution in [3.8, 4) is 0 Å². The first kappa shape index (κ1) is 17.0. The quantitative estimate of drug-likeness (QED) is 0.845. The number of amides is 2. The van der Waals surface area contributed by atoms with E-state index in [2.05, 4.69) is 15.6 Å². The summed E-state index contributed by atoms with van der Waals surface area (Å²) in [5.74, 6) is -0.00676. The molecule has 0 bridgehead atoms. The average Bonchev–Trinajstić information content (AvgIpc) is 3.09. The summed E-state index contributed by atoms with van der Waals surface area (Å²) >= 11 is 1.58. The summed E-state index contributed by atoms with van der Waals surface area (Å²) in [6.45, 7) is 2.29. The van der Waals surface area contributed by atoms with E-state index in [0.717, 1.165) is 16.3 Å². The van der Waals surface area contributed by atoms with Crippen LogP contribution in [0, 0.1) is 0 Å². The second kappa shape index (κ2) is 7.46. The number of rotatable bonds is 5. The number of hydrogen-bond acceptors (Lipinski definition) is 6. The second-order valence-electron chi connectivity index (χ2n) is 6.22. The maximum atomic E-state index is 12.2. The lowest BCUT2D eigenvalue weighted by Crippen LogP contribution is -2.41. The highest BCUT2D eigenvalue weighted by Crippen LogP contribution is 2.36. The number of nitrogens with one attached hydrogen (secondary N) is 1. The van der Waals surface area contributed by atoms with Gasteiger partial charge in [0.25, 0.3) is 0 Å². The molecule has 0 aliphatic carbocycles. The van der Waals surface area contributed by atoms with Crippen molar-refractivity contribution >= 4 is 29.3 Å². The molecule has 1 aromatic heterocycles. The zero-order valence-corrected chi connectivity index (χ0v) is 14.9. The van der Waals surface area contributed by atoms with Gasteiger partial charge in [0, 0.05) is 18.0 Å². The van der Waals surface area contributed by atoms with Crippen molar-refractivity contribution in [2.75, 3.05) is 25.1 Å². The highest BCUT2D eigenvalue weighted by molar-refractivity contribution is 8.01. The number of benzene rings is 1. The van der Waals surface area contributed by atoms with Gasteiger partial charge in [-0.05, 0) is 18.6 Å². The molecule has 0 spiro atoms. The van der Waals surface area contributed by atoms with E-state index in [-0.39, 0.29) is 23.7 Å². The summed E-state index contributed by atoms with van der Waals surface area (Å²) in [6.07, 6.45) is 2.49. The molecule has 136 valence electrons. The van der Waals surface area contributed by atoms with Crippen LogP contribution in [0.2, 0.25) is 0 Å². The molecule has 3 heterocycles. The fraction of sp³-hybridized carbons (Fsp3) is 0.412. The van der Waals surface area contributed by atoms with E-state index in [0.29, 0.717) is 32.7 Å². The minimum Gasteiger partial charge on any atom is -0.370 e. The molecule has 1 saturated heterocycles. The largest absolute Gasteiger partial charge is 0.370 e. The maximum absolute atomic E-state index is 12.2. The molecule has 1 atom stereocenters. The lowest BCUT2D eigenvalue weighted by Gasteiger charge is -2.25. The van der Waals surface area contributed by atoms with Crippen LogP contribution in [0.25, 0.3) is 0 Å². The molecule has 0 radical (unpaired) electrons. The summed E-state index contributed by atoms with van der Waals surface area (Å²) < 4.78 is 6.85. The third-order valence-corrected chi connectivity index (χ3v) is 5.69. The molecule has 1 N–H and O–H groups in total. The average molecular weight is 373 g/mol. The molecule has 2 aliphatic heterocycles. The van der Waals surface area contributed by atoms with Gasteiger partial charge in [-0.3, -0.25) is 14.3 Å². The number of aromatic nitrogens is 3. The Bertz CT molecular complexity index is 824. The van der Waals surface area contributed by atoms with Crippen molar-refractivity contribution in [1.29, 1.82) is 0 Å². The van der Waals surface area contributed by atoms with Crippen LogP contribution in [0.1, 0.15) is 12.1 Å². The third-order valence-electron chi connectivity index (χ3n) is 4.35. The first-order chi connectivity index (χ1) is 12.7. The van der Waals surface area contributed by atoms with Gasteiger partial charge >= 0.3 is 0 Å². The Kier molecular flexibility index (Phi) is 4.89. The van der Waals surface area contributed by atoms with E-state index in [4.69, 9.17) is 4.74 Å². The summed E-state index contributed by atoms with van der Waals surface area (Å²) in [6, 6.07) is 7.81. The van der Waals surface area contributed by atoms with Crippen LogP contribution >= 0.6 is 11.8 Å². The molecule has 1 aromatic carbocycles. The second-order valence-corrected chi connectivity index (χ2v) is 7.47. The van der Waals surface area contributed by atoms with E-state index < -0.39 is 0 Å². The van der Waals surface area contributed by atoms with Crippen LogP contribution in [0.4, 0.5) is 5.69 Å². The number of thioether (sulfide) groups is 1. The van der Waals surface area contributed by atoms with Crippen molar-refractivity contribution in [2.24, 2.45) is 0 Å². The molecule has 1 unspecified atom stereocenters. The van der Waals surface area contributed by atoms with Crippen LogP contribution in [0.15, 0.2) is 35.4 Å². The van der Waals surface area contributed by atoms with Crippen LogP contribution in [-0.4, -0.2) is 56.7 Å². The van der Waals surface area contributed by atoms with Crippen molar-refractivity contribution in [1.82, 2.24) is 19.9 Å². The molecule has 2 aromatic rings. The van der Waals surface area contributed by atoms with Crippen molar-refractivity contribution in [3.63, 3.8) is 0 Å². The Morgan fingerprint density at radius 2 is 2.19 bits per heavy atom. The van der Waals surface area contributed by atoms with Crippen molar-refractivity contribution < 1.29 is 14.3 Å². The van der Waals surface area contributed by atoms with E-state index in [1.807, 2.05) is 30.5 Å².